The zero-order valence-electron chi connectivity index (χ0n) is 8.82. The minimum absolute atomic E-state index is 0.445. The summed E-state index contributed by atoms with van der Waals surface area (Å²) in [4.78, 5) is 8.30. The second-order valence-electron chi connectivity index (χ2n) is 3.42. The van der Waals surface area contributed by atoms with Crippen molar-refractivity contribution in [2.75, 3.05) is 0 Å². The van der Waals surface area contributed by atoms with E-state index in [9.17, 15) is 0 Å². The molecule has 4 nitrogen and oxygen atoms in total. The molecule has 0 N–H and O–H groups in total. The van der Waals surface area contributed by atoms with Gasteiger partial charge in [0.25, 0.3) is 0 Å². The number of halogens is 1. The van der Waals surface area contributed by atoms with Crippen LogP contribution < -0.4 is 0 Å². The van der Waals surface area contributed by atoms with Crippen LogP contribution in [-0.4, -0.2) is 19.7 Å². The van der Waals surface area contributed by atoms with Crippen LogP contribution in [-0.2, 0) is 7.05 Å². The van der Waals surface area contributed by atoms with Crippen LogP contribution in [0.3, 0.4) is 0 Å². The Labute approximate surface area is 92.9 Å². The van der Waals surface area contributed by atoms with Crippen LogP contribution in [0.5, 0.6) is 0 Å². The van der Waals surface area contributed by atoms with Gasteiger partial charge in [-0.15, -0.1) is 0 Å². The standard InChI is InChI=1S/C10H11ClN4/c1-6-4-9(14-15(6)3)8-5-10(11)13-7(2)12-8/h4-5H,1-3H3. The second-order valence-corrected chi connectivity index (χ2v) is 3.80. The number of rotatable bonds is 1. The van der Waals surface area contributed by atoms with Gasteiger partial charge in [-0.1, -0.05) is 11.6 Å². The van der Waals surface area contributed by atoms with E-state index in [0.717, 1.165) is 17.1 Å². The van der Waals surface area contributed by atoms with E-state index in [1.54, 1.807) is 10.7 Å². The number of aromatic nitrogens is 4. The van der Waals surface area contributed by atoms with Gasteiger partial charge in [0.15, 0.2) is 0 Å². The Morgan fingerprint density at radius 2 is 1.87 bits per heavy atom. The molecule has 2 rings (SSSR count). The van der Waals surface area contributed by atoms with Gasteiger partial charge in [0.2, 0.25) is 0 Å². The summed E-state index contributed by atoms with van der Waals surface area (Å²) in [6.07, 6.45) is 0. The van der Waals surface area contributed by atoms with Crippen molar-refractivity contribution in [2.45, 2.75) is 13.8 Å². The van der Waals surface area contributed by atoms with Crippen molar-refractivity contribution in [2.24, 2.45) is 7.05 Å². The summed E-state index contributed by atoms with van der Waals surface area (Å²) >= 11 is 5.86. The van der Waals surface area contributed by atoms with Gasteiger partial charge >= 0.3 is 0 Å². The number of hydrogen-bond donors (Lipinski definition) is 0. The van der Waals surface area contributed by atoms with Crippen molar-refractivity contribution in [3.8, 4) is 11.4 Å². The Morgan fingerprint density at radius 3 is 2.40 bits per heavy atom. The molecule has 2 heterocycles. The molecule has 0 aliphatic heterocycles. The maximum absolute atomic E-state index is 5.86. The lowest BCUT2D eigenvalue weighted by Gasteiger charge is -1.98. The molecule has 0 saturated carbocycles. The third-order valence-electron chi connectivity index (χ3n) is 2.18. The maximum atomic E-state index is 5.86. The van der Waals surface area contributed by atoms with E-state index in [1.807, 2.05) is 27.0 Å². The van der Waals surface area contributed by atoms with Crippen molar-refractivity contribution >= 4 is 11.6 Å². The number of hydrogen-bond acceptors (Lipinski definition) is 3. The molecule has 0 unspecified atom stereocenters. The lowest BCUT2D eigenvalue weighted by molar-refractivity contribution is 0.742. The zero-order valence-corrected chi connectivity index (χ0v) is 9.58. The number of aryl methyl sites for hydroxylation is 3. The first-order valence-corrected chi connectivity index (χ1v) is 4.96. The minimum Gasteiger partial charge on any atom is -0.272 e. The Hall–Kier alpha value is -1.42. The van der Waals surface area contributed by atoms with Gasteiger partial charge in [-0.05, 0) is 19.9 Å². The van der Waals surface area contributed by atoms with E-state index >= 15 is 0 Å². The largest absolute Gasteiger partial charge is 0.272 e. The summed E-state index contributed by atoms with van der Waals surface area (Å²) < 4.78 is 1.81. The minimum atomic E-state index is 0.445. The quantitative estimate of drug-likeness (QED) is 0.695. The first-order valence-electron chi connectivity index (χ1n) is 4.58. The average Bonchev–Trinajstić information content (AvgIpc) is 2.45. The Balaban J connectivity index is 2.53. The molecule has 0 aromatic carbocycles. The summed E-state index contributed by atoms with van der Waals surface area (Å²) in [7, 11) is 1.90. The van der Waals surface area contributed by atoms with Crippen LogP contribution in [0.25, 0.3) is 11.4 Å². The fraction of sp³-hybridized carbons (Fsp3) is 0.300. The summed E-state index contributed by atoms with van der Waals surface area (Å²) in [5.41, 5.74) is 2.66. The van der Waals surface area contributed by atoms with E-state index in [1.165, 1.54) is 0 Å². The molecule has 0 fully saturated rings. The highest BCUT2D eigenvalue weighted by Gasteiger charge is 2.07. The van der Waals surface area contributed by atoms with Gasteiger partial charge in [0.05, 0.1) is 5.69 Å². The molecule has 0 aliphatic rings. The highest BCUT2D eigenvalue weighted by molar-refractivity contribution is 6.29. The zero-order chi connectivity index (χ0) is 11.0. The maximum Gasteiger partial charge on any atom is 0.133 e. The van der Waals surface area contributed by atoms with Gasteiger partial charge < -0.3 is 0 Å². The van der Waals surface area contributed by atoms with Gasteiger partial charge in [-0.25, -0.2) is 9.97 Å². The smallest absolute Gasteiger partial charge is 0.133 e. The van der Waals surface area contributed by atoms with Crippen LogP contribution in [0.2, 0.25) is 5.15 Å². The van der Waals surface area contributed by atoms with Crippen LogP contribution in [0.1, 0.15) is 11.5 Å². The van der Waals surface area contributed by atoms with Crippen molar-refractivity contribution < 1.29 is 0 Å². The molecular weight excluding hydrogens is 212 g/mol. The SMILES string of the molecule is Cc1nc(Cl)cc(-c2cc(C)n(C)n2)n1. The van der Waals surface area contributed by atoms with Gasteiger partial charge in [0, 0.05) is 18.8 Å². The second kappa shape index (κ2) is 3.62. The van der Waals surface area contributed by atoms with Crippen molar-refractivity contribution in [3.63, 3.8) is 0 Å². The summed E-state index contributed by atoms with van der Waals surface area (Å²) in [6, 6.07) is 3.69. The monoisotopic (exact) mass is 222 g/mol. The molecule has 0 spiro atoms. The molecular formula is C10H11ClN4. The molecule has 0 amide bonds. The van der Waals surface area contributed by atoms with E-state index in [4.69, 9.17) is 11.6 Å². The molecule has 0 bridgehead atoms. The molecule has 0 atom stereocenters. The fourth-order valence-corrected chi connectivity index (χ4v) is 1.57. The Bertz CT molecular complexity index is 464. The lowest BCUT2D eigenvalue weighted by atomic mass is 10.3. The molecule has 5 heteroatoms. The van der Waals surface area contributed by atoms with Crippen molar-refractivity contribution in [1.82, 2.24) is 19.7 Å². The van der Waals surface area contributed by atoms with Crippen molar-refractivity contribution in [1.29, 1.82) is 0 Å². The molecule has 0 saturated heterocycles. The van der Waals surface area contributed by atoms with Crippen LogP contribution >= 0.6 is 11.6 Å². The number of nitrogens with zero attached hydrogens (tertiary/aromatic N) is 4. The van der Waals surface area contributed by atoms with E-state index in [-0.39, 0.29) is 0 Å². The third kappa shape index (κ3) is 1.99. The summed E-state index contributed by atoms with van der Waals surface area (Å²) in [5, 5.41) is 4.78. The third-order valence-corrected chi connectivity index (χ3v) is 2.38. The highest BCUT2D eigenvalue weighted by atomic mass is 35.5. The average molecular weight is 223 g/mol. The molecule has 0 radical (unpaired) electrons. The van der Waals surface area contributed by atoms with E-state index in [0.29, 0.717) is 11.0 Å². The molecule has 15 heavy (non-hydrogen) atoms. The predicted molar refractivity (Wildman–Crippen MR) is 58.7 cm³/mol. The predicted octanol–water partition coefficient (Wildman–Crippen LogP) is 2.15. The normalized spacial score (nSPS) is 10.7. The van der Waals surface area contributed by atoms with Gasteiger partial charge in [0.1, 0.15) is 16.7 Å². The first-order chi connectivity index (χ1) is 7.06. The van der Waals surface area contributed by atoms with Crippen LogP contribution in [0.4, 0.5) is 0 Å². The topological polar surface area (TPSA) is 43.6 Å². The van der Waals surface area contributed by atoms with Gasteiger partial charge in [-0.3, -0.25) is 4.68 Å². The molecule has 2 aromatic rings. The van der Waals surface area contributed by atoms with Crippen molar-refractivity contribution in [3.05, 3.63) is 28.8 Å². The fourth-order valence-electron chi connectivity index (χ4n) is 1.35. The Kier molecular flexibility index (Phi) is 2.44. The highest BCUT2D eigenvalue weighted by Crippen LogP contribution is 2.19. The molecule has 2 aromatic heterocycles. The summed E-state index contributed by atoms with van der Waals surface area (Å²) in [5.74, 6) is 0.654. The van der Waals surface area contributed by atoms with E-state index < -0.39 is 0 Å². The van der Waals surface area contributed by atoms with Gasteiger partial charge in [-0.2, -0.15) is 5.10 Å². The summed E-state index contributed by atoms with van der Waals surface area (Å²) in [6.45, 7) is 3.80. The lowest BCUT2D eigenvalue weighted by Crippen LogP contribution is -1.94. The molecule has 78 valence electrons. The van der Waals surface area contributed by atoms with E-state index in [2.05, 4.69) is 15.1 Å². The van der Waals surface area contributed by atoms with Crippen LogP contribution in [0.15, 0.2) is 12.1 Å². The first kappa shape index (κ1) is 10.1. The van der Waals surface area contributed by atoms with Crippen LogP contribution in [0, 0.1) is 13.8 Å². The molecule has 0 aliphatic carbocycles. The Morgan fingerprint density at radius 1 is 1.13 bits per heavy atom.